The first-order valence-electron chi connectivity index (χ1n) is 18.7. The van der Waals surface area contributed by atoms with Crippen molar-refractivity contribution in [1.82, 2.24) is 4.57 Å². The first-order chi connectivity index (χ1) is 27.1. The van der Waals surface area contributed by atoms with Crippen LogP contribution < -0.4 is 4.90 Å². The van der Waals surface area contributed by atoms with Crippen LogP contribution in [-0.2, 0) is 0 Å². The predicted molar refractivity (Wildman–Crippen MR) is 225 cm³/mol. The monoisotopic (exact) mass is 708 g/mol. The minimum atomic E-state index is -1.22. The van der Waals surface area contributed by atoms with E-state index in [0.717, 1.165) is 72.0 Å². The first kappa shape index (κ1) is 32.6. The quantitative estimate of drug-likeness (QED) is 0.187. The molecule has 4 heteroatoms. The van der Waals surface area contributed by atoms with E-state index in [0.29, 0.717) is 16.8 Å². The minimum Gasteiger partial charge on any atom is -0.369 e. The fourth-order valence-corrected chi connectivity index (χ4v) is 8.39. The Hall–Kier alpha value is -7.01. The van der Waals surface area contributed by atoms with Crippen molar-refractivity contribution in [3.63, 3.8) is 0 Å². The van der Waals surface area contributed by atoms with Crippen LogP contribution in [0.4, 0.5) is 5.69 Å². The van der Waals surface area contributed by atoms with Crippen molar-refractivity contribution in [1.29, 1.82) is 0 Å². The van der Waals surface area contributed by atoms with Crippen LogP contribution in [0.2, 0.25) is 0 Å². The molecule has 1 aliphatic heterocycles. The number of aliphatic hydroxyl groups excluding tert-OH is 1. The molecular weight excluding hydrogens is 673 g/mol. The summed E-state index contributed by atoms with van der Waals surface area (Å²) in [6.45, 7) is 2.10. The SMILES string of the molecule is Cc1ccc(-c2cccc3c4ccccc4n(-c4cccc5c4C(=O)N(c4c(-c6ccccc6)cc(-c6ccccc6)cc4-c4ccccc4)C5O)c23)cc1. The van der Waals surface area contributed by atoms with Crippen LogP contribution in [0, 0.1) is 6.92 Å². The molecule has 1 atom stereocenters. The summed E-state index contributed by atoms with van der Waals surface area (Å²) in [4.78, 5) is 17.1. The lowest BCUT2D eigenvalue weighted by atomic mass is 9.90. The number of aryl methyl sites for hydroxylation is 1. The third-order valence-corrected chi connectivity index (χ3v) is 11.0. The van der Waals surface area contributed by atoms with Gasteiger partial charge < -0.3 is 9.67 Å². The normalized spacial score (nSPS) is 13.8. The van der Waals surface area contributed by atoms with Crippen molar-refractivity contribution < 1.29 is 9.90 Å². The molecule has 4 nitrogen and oxygen atoms in total. The standard InChI is InChI=1S/C51H36N2O2/c1-33-27-29-37(30-28-33)39-22-13-23-41-40-21-11-12-25-45(40)52(48(39)41)46-26-14-24-42-47(46)51(55)53(50(42)54)49-43(35-17-7-3-8-18-35)31-38(34-15-5-2-6-16-34)32-44(49)36-19-9-4-10-20-36/h2-32,50,54H,1H3. The molecule has 262 valence electrons. The summed E-state index contributed by atoms with van der Waals surface area (Å²) in [6.07, 6.45) is -1.22. The lowest BCUT2D eigenvalue weighted by Crippen LogP contribution is -2.29. The molecule has 9 aromatic rings. The number of carbonyl (C=O) groups excluding carboxylic acids is 1. The zero-order chi connectivity index (χ0) is 37.0. The second-order valence-electron chi connectivity index (χ2n) is 14.2. The van der Waals surface area contributed by atoms with Gasteiger partial charge in [0.25, 0.3) is 5.91 Å². The van der Waals surface area contributed by atoms with Gasteiger partial charge in [-0.25, -0.2) is 0 Å². The number of hydrogen-bond donors (Lipinski definition) is 1. The highest BCUT2D eigenvalue weighted by atomic mass is 16.3. The van der Waals surface area contributed by atoms with E-state index in [1.54, 1.807) is 4.90 Å². The molecule has 2 heterocycles. The number of benzene rings is 8. The number of hydrogen-bond acceptors (Lipinski definition) is 2. The van der Waals surface area contributed by atoms with Crippen molar-refractivity contribution in [2.45, 2.75) is 13.2 Å². The highest BCUT2D eigenvalue weighted by Gasteiger charge is 2.41. The Balaban J connectivity index is 1.24. The lowest BCUT2D eigenvalue weighted by molar-refractivity contribution is 0.0935. The van der Waals surface area contributed by atoms with E-state index in [2.05, 4.69) is 121 Å². The third kappa shape index (κ3) is 5.30. The molecule has 0 spiro atoms. The topological polar surface area (TPSA) is 45.5 Å². The summed E-state index contributed by atoms with van der Waals surface area (Å²) in [5.41, 5.74) is 13.6. The van der Waals surface area contributed by atoms with E-state index < -0.39 is 6.23 Å². The van der Waals surface area contributed by atoms with Crippen LogP contribution in [-0.4, -0.2) is 15.6 Å². The average molecular weight is 709 g/mol. The maximum Gasteiger partial charge on any atom is 0.263 e. The van der Waals surface area contributed by atoms with Gasteiger partial charge in [-0.1, -0.05) is 169 Å². The Bertz CT molecular complexity index is 2830. The minimum absolute atomic E-state index is 0.251. The van der Waals surface area contributed by atoms with Gasteiger partial charge in [0.15, 0.2) is 6.23 Å². The van der Waals surface area contributed by atoms with Crippen molar-refractivity contribution in [3.05, 3.63) is 205 Å². The number of aromatic nitrogens is 1. The molecule has 0 saturated carbocycles. The van der Waals surface area contributed by atoms with Gasteiger partial charge in [-0.15, -0.1) is 0 Å². The molecule has 1 unspecified atom stereocenters. The van der Waals surface area contributed by atoms with Gasteiger partial charge >= 0.3 is 0 Å². The fraction of sp³-hybridized carbons (Fsp3) is 0.0392. The van der Waals surface area contributed by atoms with E-state index in [1.807, 2.05) is 78.9 Å². The molecule has 0 bridgehead atoms. The molecule has 1 aliphatic rings. The number of fused-ring (bicyclic) bond motifs is 4. The van der Waals surface area contributed by atoms with Crippen molar-refractivity contribution in [2.75, 3.05) is 4.90 Å². The largest absolute Gasteiger partial charge is 0.369 e. The summed E-state index contributed by atoms with van der Waals surface area (Å²) in [6, 6.07) is 64.2. The van der Waals surface area contributed by atoms with Crippen molar-refractivity contribution in [2.24, 2.45) is 0 Å². The molecule has 0 radical (unpaired) electrons. The number of para-hydroxylation sites is 2. The van der Waals surface area contributed by atoms with Gasteiger partial charge in [0.05, 0.1) is 28.0 Å². The molecule has 1 aromatic heterocycles. The molecule has 55 heavy (non-hydrogen) atoms. The van der Waals surface area contributed by atoms with Crippen molar-refractivity contribution >= 4 is 33.4 Å². The fourth-order valence-electron chi connectivity index (χ4n) is 8.39. The molecular formula is C51H36N2O2. The van der Waals surface area contributed by atoms with Crippen LogP contribution in [0.15, 0.2) is 188 Å². The number of anilines is 1. The number of rotatable bonds is 6. The summed E-state index contributed by atoms with van der Waals surface area (Å²) in [5, 5.41) is 14.7. The zero-order valence-electron chi connectivity index (χ0n) is 30.2. The van der Waals surface area contributed by atoms with E-state index in [4.69, 9.17) is 0 Å². The van der Waals surface area contributed by atoms with Gasteiger partial charge in [0.2, 0.25) is 0 Å². The average Bonchev–Trinajstić information content (AvgIpc) is 3.72. The van der Waals surface area contributed by atoms with E-state index in [1.165, 1.54) is 5.56 Å². The van der Waals surface area contributed by atoms with Gasteiger partial charge in [-0.3, -0.25) is 9.69 Å². The maximum atomic E-state index is 15.5. The smallest absolute Gasteiger partial charge is 0.263 e. The Morgan fingerprint density at radius 3 is 1.69 bits per heavy atom. The van der Waals surface area contributed by atoms with Crippen LogP contribution in [0.5, 0.6) is 0 Å². The van der Waals surface area contributed by atoms with E-state index in [-0.39, 0.29) is 5.91 Å². The number of carbonyl (C=O) groups is 1. The number of amides is 1. The lowest BCUT2D eigenvalue weighted by Gasteiger charge is -2.28. The van der Waals surface area contributed by atoms with Crippen molar-refractivity contribution in [3.8, 4) is 50.2 Å². The number of aliphatic hydroxyl groups is 1. The molecule has 1 N–H and O–H groups in total. The Labute approximate surface area is 319 Å². The van der Waals surface area contributed by atoms with Gasteiger partial charge in [-0.2, -0.15) is 0 Å². The molecule has 8 aromatic carbocycles. The molecule has 0 fully saturated rings. The maximum absolute atomic E-state index is 15.5. The highest BCUT2D eigenvalue weighted by Crippen LogP contribution is 2.50. The van der Waals surface area contributed by atoms with Gasteiger partial charge in [-0.05, 0) is 59.0 Å². The third-order valence-electron chi connectivity index (χ3n) is 11.0. The first-order valence-corrected chi connectivity index (χ1v) is 18.7. The van der Waals surface area contributed by atoms with Crippen LogP contribution in [0.3, 0.4) is 0 Å². The predicted octanol–water partition coefficient (Wildman–Crippen LogP) is 12.4. The Morgan fingerprint density at radius 1 is 0.491 bits per heavy atom. The van der Waals surface area contributed by atoms with Crippen LogP contribution >= 0.6 is 0 Å². The molecule has 0 saturated heterocycles. The van der Waals surface area contributed by atoms with Gasteiger partial charge in [0, 0.05) is 33.0 Å². The van der Waals surface area contributed by atoms with Crippen LogP contribution in [0.1, 0.15) is 27.7 Å². The number of nitrogens with zero attached hydrogens (tertiary/aromatic N) is 2. The van der Waals surface area contributed by atoms with E-state index in [9.17, 15) is 5.11 Å². The highest BCUT2D eigenvalue weighted by molar-refractivity contribution is 6.19. The second-order valence-corrected chi connectivity index (χ2v) is 14.2. The summed E-state index contributed by atoms with van der Waals surface area (Å²) in [5.74, 6) is -0.251. The summed E-state index contributed by atoms with van der Waals surface area (Å²) >= 11 is 0. The Morgan fingerprint density at radius 2 is 1.04 bits per heavy atom. The van der Waals surface area contributed by atoms with Gasteiger partial charge in [0.1, 0.15) is 0 Å². The summed E-state index contributed by atoms with van der Waals surface area (Å²) in [7, 11) is 0. The molecule has 0 aliphatic carbocycles. The molecule has 10 rings (SSSR count). The van der Waals surface area contributed by atoms with E-state index >= 15 is 4.79 Å². The van der Waals surface area contributed by atoms with Crippen LogP contribution in [0.25, 0.3) is 72.0 Å². The molecule has 1 amide bonds. The zero-order valence-corrected chi connectivity index (χ0v) is 30.2. The second kappa shape index (κ2) is 13.1. The Kier molecular flexibility index (Phi) is 7.79. The summed E-state index contributed by atoms with van der Waals surface area (Å²) < 4.78 is 2.22.